The van der Waals surface area contributed by atoms with Crippen LogP contribution in [0.1, 0.15) is 49.0 Å². The highest BCUT2D eigenvalue weighted by Gasteiger charge is 2.29. The minimum absolute atomic E-state index is 0. The van der Waals surface area contributed by atoms with Gasteiger partial charge in [-0.1, -0.05) is 32.1 Å². The van der Waals surface area contributed by atoms with E-state index in [1.807, 2.05) is 20.8 Å². The number of esters is 1. The Morgan fingerprint density at radius 2 is 2.09 bits per heavy atom. The lowest BCUT2D eigenvalue weighted by molar-refractivity contribution is -0.120. The van der Waals surface area contributed by atoms with Crippen molar-refractivity contribution < 1.29 is 14.3 Å². The second-order valence-corrected chi connectivity index (χ2v) is 7.47. The molecule has 1 aliphatic rings. The van der Waals surface area contributed by atoms with Crippen molar-refractivity contribution in [3.8, 4) is 0 Å². The molecule has 1 amide bonds. The lowest BCUT2D eigenvalue weighted by Crippen LogP contribution is -2.37. The second kappa shape index (κ2) is 8.08. The third-order valence-corrected chi connectivity index (χ3v) is 4.56. The first-order valence-corrected chi connectivity index (χ1v) is 8.25. The monoisotopic (exact) mass is 361 g/mol. The molecule has 1 aromatic heterocycles. The number of halogens is 1. The Morgan fingerprint density at radius 1 is 1.39 bits per heavy atom. The zero-order valence-corrected chi connectivity index (χ0v) is 15.5. The van der Waals surface area contributed by atoms with Crippen molar-refractivity contribution >= 4 is 40.8 Å². The molecule has 130 valence electrons. The number of carbonyl (C=O) groups excluding carboxylic acids is 2. The van der Waals surface area contributed by atoms with Crippen molar-refractivity contribution in [2.24, 2.45) is 5.92 Å². The van der Waals surface area contributed by atoms with Crippen LogP contribution in [0, 0.1) is 5.92 Å². The van der Waals surface area contributed by atoms with E-state index in [2.05, 4.69) is 15.6 Å². The molecule has 0 radical (unpaired) electrons. The van der Waals surface area contributed by atoms with Crippen LogP contribution < -0.4 is 10.6 Å². The average Bonchev–Trinajstić information content (AvgIpc) is 2.91. The highest BCUT2D eigenvalue weighted by molar-refractivity contribution is 7.17. The average molecular weight is 362 g/mol. The molecule has 1 aliphatic heterocycles. The molecule has 1 saturated heterocycles. The van der Waals surface area contributed by atoms with E-state index in [9.17, 15) is 9.59 Å². The van der Waals surface area contributed by atoms with Gasteiger partial charge in [-0.25, -0.2) is 9.78 Å². The van der Waals surface area contributed by atoms with Crippen LogP contribution in [0.25, 0.3) is 0 Å². The summed E-state index contributed by atoms with van der Waals surface area (Å²) in [4.78, 5) is 29.1. The van der Waals surface area contributed by atoms with E-state index in [0.717, 1.165) is 19.4 Å². The predicted octanol–water partition coefficient (Wildman–Crippen LogP) is 2.59. The number of aromatic nitrogens is 1. The summed E-state index contributed by atoms with van der Waals surface area (Å²) in [7, 11) is 1.35. The van der Waals surface area contributed by atoms with Gasteiger partial charge in [-0.3, -0.25) is 4.79 Å². The van der Waals surface area contributed by atoms with Crippen molar-refractivity contribution in [2.75, 3.05) is 25.5 Å². The molecule has 0 aromatic carbocycles. The third-order valence-electron chi connectivity index (χ3n) is 3.61. The number of ether oxygens (including phenoxy) is 1. The molecule has 0 aliphatic carbocycles. The largest absolute Gasteiger partial charge is 0.465 e. The molecule has 0 saturated carbocycles. The van der Waals surface area contributed by atoms with Crippen molar-refractivity contribution in [1.82, 2.24) is 10.3 Å². The number of hydrogen-bond acceptors (Lipinski definition) is 6. The van der Waals surface area contributed by atoms with Gasteiger partial charge in [0.15, 0.2) is 5.13 Å². The molecule has 8 heteroatoms. The van der Waals surface area contributed by atoms with Gasteiger partial charge >= 0.3 is 5.97 Å². The van der Waals surface area contributed by atoms with Gasteiger partial charge in [0.2, 0.25) is 5.91 Å². The van der Waals surface area contributed by atoms with Crippen LogP contribution in [0.4, 0.5) is 5.13 Å². The summed E-state index contributed by atoms with van der Waals surface area (Å²) < 4.78 is 4.82. The van der Waals surface area contributed by atoms with Gasteiger partial charge in [-0.05, 0) is 19.4 Å². The Kier molecular flexibility index (Phi) is 6.98. The fourth-order valence-electron chi connectivity index (χ4n) is 2.40. The minimum atomic E-state index is -0.415. The van der Waals surface area contributed by atoms with Crippen LogP contribution >= 0.6 is 23.7 Å². The molecule has 0 spiro atoms. The van der Waals surface area contributed by atoms with Gasteiger partial charge in [0.05, 0.1) is 18.7 Å². The normalized spacial score (nSPS) is 18.0. The van der Waals surface area contributed by atoms with E-state index < -0.39 is 5.97 Å². The first-order valence-electron chi connectivity index (χ1n) is 7.44. The summed E-state index contributed by atoms with van der Waals surface area (Å²) >= 11 is 1.17. The van der Waals surface area contributed by atoms with Crippen molar-refractivity contribution in [2.45, 2.75) is 39.0 Å². The number of anilines is 1. The molecule has 2 N–H and O–H groups in total. The van der Waals surface area contributed by atoms with Gasteiger partial charge in [0.1, 0.15) is 4.88 Å². The summed E-state index contributed by atoms with van der Waals surface area (Å²) in [6.07, 6.45) is 1.87. The summed E-state index contributed by atoms with van der Waals surface area (Å²) in [5.74, 6) is -0.502. The lowest BCUT2D eigenvalue weighted by atomic mass is 9.91. The molecule has 0 bridgehead atoms. The van der Waals surface area contributed by atoms with Crippen LogP contribution in [-0.4, -0.2) is 37.1 Å². The van der Waals surface area contributed by atoms with Crippen LogP contribution in [0.15, 0.2) is 0 Å². The van der Waals surface area contributed by atoms with Crippen molar-refractivity contribution in [3.63, 3.8) is 0 Å². The SMILES string of the molecule is COC(=O)c1sc(NC(=O)C2CCCNC2)nc1C(C)(C)C.Cl. The highest BCUT2D eigenvalue weighted by atomic mass is 35.5. The number of carbonyl (C=O) groups is 2. The first kappa shape index (κ1) is 19.9. The smallest absolute Gasteiger partial charge is 0.350 e. The Hall–Kier alpha value is -1.18. The van der Waals surface area contributed by atoms with Gasteiger partial charge < -0.3 is 15.4 Å². The Labute approximate surface area is 146 Å². The number of thiazole rings is 1. The number of hydrogen-bond donors (Lipinski definition) is 2. The fraction of sp³-hybridized carbons (Fsp3) is 0.667. The molecule has 6 nitrogen and oxygen atoms in total. The van der Waals surface area contributed by atoms with E-state index in [1.165, 1.54) is 18.4 Å². The topological polar surface area (TPSA) is 80.3 Å². The molecular weight excluding hydrogens is 338 g/mol. The molecular formula is C15H24ClN3O3S. The minimum Gasteiger partial charge on any atom is -0.465 e. The number of amides is 1. The number of methoxy groups -OCH3 is 1. The van der Waals surface area contributed by atoms with Crippen LogP contribution in [0.2, 0.25) is 0 Å². The van der Waals surface area contributed by atoms with Crippen LogP contribution in [0.3, 0.4) is 0 Å². The summed E-state index contributed by atoms with van der Waals surface area (Å²) in [5, 5.41) is 6.52. The van der Waals surface area contributed by atoms with Crippen molar-refractivity contribution in [3.05, 3.63) is 10.6 Å². The number of nitrogens with zero attached hydrogens (tertiary/aromatic N) is 1. The lowest BCUT2D eigenvalue weighted by Gasteiger charge is -2.21. The fourth-order valence-corrected chi connectivity index (χ4v) is 3.49. The quantitative estimate of drug-likeness (QED) is 0.809. The van der Waals surface area contributed by atoms with Crippen LogP contribution in [-0.2, 0) is 14.9 Å². The maximum absolute atomic E-state index is 12.3. The molecule has 23 heavy (non-hydrogen) atoms. The predicted molar refractivity (Wildman–Crippen MR) is 93.6 cm³/mol. The first-order chi connectivity index (χ1) is 10.3. The highest BCUT2D eigenvalue weighted by Crippen LogP contribution is 2.32. The Morgan fingerprint density at radius 3 is 2.61 bits per heavy atom. The second-order valence-electron chi connectivity index (χ2n) is 6.47. The van der Waals surface area contributed by atoms with Crippen LogP contribution in [0.5, 0.6) is 0 Å². The van der Waals surface area contributed by atoms with Gasteiger partial charge in [0.25, 0.3) is 0 Å². The van der Waals surface area contributed by atoms with Crippen molar-refractivity contribution in [1.29, 1.82) is 0 Å². The van der Waals surface area contributed by atoms with Gasteiger partial charge in [-0.15, -0.1) is 12.4 Å². The molecule has 1 aromatic rings. The summed E-state index contributed by atoms with van der Waals surface area (Å²) in [6.45, 7) is 7.58. The molecule has 2 heterocycles. The van der Waals surface area contributed by atoms with E-state index in [-0.39, 0.29) is 29.6 Å². The molecule has 1 fully saturated rings. The van der Waals surface area contributed by atoms with E-state index in [4.69, 9.17) is 4.74 Å². The number of piperidine rings is 1. The molecule has 1 atom stereocenters. The van der Waals surface area contributed by atoms with E-state index >= 15 is 0 Å². The maximum atomic E-state index is 12.3. The maximum Gasteiger partial charge on any atom is 0.350 e. The van der Waals surface area contributed by atoms with Gasteiger partial charge in [0, 0.05) is 12.0 Å². The number of nitrogens with one attached hydrogen (secondary N) is 2. The summed E-state index contributed by atoms with van der Waals surface area (Å²) in [6, 6.07) is 0. The molecule has 1 unspecified atom stereocenters. The zero-order chi connectivity index (χ0) is 16.3. The number of rotatable bonds is 3. The van der Waals surface area contributed by atoms with E-state index in [0.29, 0.717) is 22.2 Å². The van der Waals surface area contributed by atoms with E-state index in [1.54, 1.807) is 0 Å². The Balaban J connectivity index is 0.00000264. The standard InChI is InChI=1S/C15H23N3O3S.ClH/c1-15(2,3)11-10(13(20)21-4)22-14(17-11)18-12(19)9-6-5-7-16-8-9;/h9,16H,5-8H2,1-4H3,(H,17,18,19);1H. The summed E-state index contributed by atoms with van der Waals surface area (Å²) in [5.41, 5.74) is 0.358. The zero-order valence-electron chi connectivity index (χ0n) is 13.9. The Bertz CT molecular complexity index is 563. The molecule has 2 rings (SSSR count). The third kappa shape index (κ3) is 4.89. The van der Waals surface area contributed by atoms with Gasteiger partial charge in [-0.2, -0.15) is 0 Å².